The highest BCUT2D eigenvalue weighted by molar-refractivity contribution is 5.96. The van der Waals surface area contributed by atoms with E-state index in [1.807, 2.05) is 38.1 Å². The van der Waals surface area contributed by atoms with Gasteiger partial charge in [-0.05, 0) is 61.9 Å². The highest BCUT2D eigenvalue weighted by atomic mass is 19.1. The number of amides is 2. The number of methoxy groups -OCH3 is 2. The van der Waals surface area contributed by atoms with Crippen molar-refractivity contribution in [2.24, 2.45) is 0 Å². The van der Waals surface area contributed by atoms with Crippen LogP contribution in [0.15, 0.2) is 54.6 Å². The third-order valence-electron chi connectivity index (χ3n) is 7.07. The summed E-state index contributed by atoms with van der Waals surface area (Å²) in [6.45, 7) is 6.07. The van der Waals surface area contributed by atoms with Crippen molar-refractivity contribution in [2.75, 3.05) is 51.8 Å². The summed E-state index contributed by atoms with van der Waals surface area (Å²) in [4.78, 5) is 31.7. The maximum absolute atomic E-state index is 13.3. The van der Waals surface area contributed by atoms with E-state index < -0.39 is 5.82 Å². The molecule has 0 unspecified atom stereocenters. The van der Waals surface area contributed by atoms with Crippen molar-refractivity contribution >= 4 is 17.6 Å². The SMILES string of the molecule is CC[C@@H](C)N(CC(=O)N1CCN(c2ccc(-c3ccc(OC)cc3OC)nn2)CC1)C(=O)c1ccc(F)cc1. The number of hydrogen-bond acceptors (Lipinski definition) is 7. The predicted octanol–water partition coefficient (Wildman–Crippen LogP) is 3.89. The lowest BCUT2D eigenvalue weighted by atomic mass is 10.1. The van der Waals surface area contributed by atoms with Gasteiger partial charge in [0.1, 0.15) is 23.9 Å². The molecule has 0 aliphatic carbocycles. The molecule has 0 N–H and O–H groups in total. The van der Waals surface area contributed by atoms with Gasteiger partial charge in [-0.2, -0.15) is 0 Å². The number of aromatic nitrogens is 2. The van der Waals surface area contributed by atoms with Crippen molar-refractivity contribution in [3.63, 3.8) is 0 Å². The van der Waals surface area contributed by atoms with Gasteiger partial charge in [0.05, 0.1) is 19.9 Å². The summed E-state index contributed by atoms with van der Waals surface area (Å²) in [5.74, 6) is 1.27. The van der Waals surface area contributed by atoms with Gasteiger partial charge in [0.2, 0.25) is 5.91 Å². The normalized spacial score (nSPS) is 14.1. The third-order valence-corrected chi connectivity index (χ3v) is 7.07. The van der Waals surface area contributed by atoms with Crippen molar-refractivity contribution in [3.8, 4) is 22.8 Å². The fourth-order valence-corrected chi connectivity index (χ4v) is 4.48. The summed E-state index contributed by atoms with van der Waals surface area (Å²) in [5, 5.41) is 8.82. The van der Waals surface area contributed by atoms with Gasteiger partial charge in [-0.25, -0.2) is 4.39 Å². The molecular weight excluding hydrogens is 501 g/mol. The van der Waals surface area contributed by atoms with Gasteiger partial charge in [0.25, 0.3) is 5.91 Å². The maximum Gasteiger partial charge on any atom is 0.254 e. The summed E-state index contributed by atoms with van der Waals surface area (Å²) >= 11 is 0. The van der Waals surface area contributed by atoms with Crippen LogP contribution in [0.1, 0.15) is 30.6 Å². The highest BCUT2D eigenvalue weighted by Crippen LogP contribution is 2.32. The van der Waals surface area contributed by atoms with E-state index in [2.05, 4.69) is 15.1 Å². The Morgan fingerprint density at radius 3 is 2.28 bits per heavy atom. The summed E-state index contributed by atoms with van der Waals surface area (Å²) < 4.78 is 24.1. The van der Waals surface area contributed by atoms with E-state index in [0.29, 0.717) is 55.4 Å². The molecule has 4 rings (SSSR count). The Kier molecular flexibility index (Phi) is 8.96. The van der Waals surface area contributed by atoms with Crippen LogP contribution in [-0.2, 0) is 4.79 Å². The number of hydrogen-bond donors (Lipinski definition) is 0. The van der Waals surface area contributed by atoms with Crippen molar-refractivity contribution in [2.45, 2.75) is 26.3 Å². The fourth-order valence-electron chi connectivity index (χ4n) is 4.48. The van der Waals surface area contributed by atoms with Gasteiger partial charge in [0.15, 0.2) is 5.82 Å². The molecule has 39 heavy (non-hydrogen) atoms. The van der Waals surface area contributed by atoms with Crippen molar-refractivity contribution in [3.05, 3.63) is 66.0 Å². The number of nitrogens with zero attached hydrogens (tertiary/aromatic N) is 5. The standard InChI is InChI=1S/C29H34FN5O4/c1-5-20(2)35(29(37)21-6-8-22(30)9-7-21)19-28(36)34-16-14-33(15-17-34)27-13-12-25(31-32-27)24-11-10-23(38-3)18-26(24)39-4/h6-13,18,20H,5,14-17,19H2,1-4H3/t20-/m1/s1. The van der Waals surface area contributed by atoms with Crippen LogP contribution < -0.4 is 14.4 Å². The van der Waals surface area contributed by atoms with Crippen LogP contribution in [0.4, 0.5) is 10.2 Å². The van der Waals surface area contributed by atoms with Crippen LogP contribution in [0, 0.1) is 5.82 Å². The van der Waals surface area contributed by atoms with Crippen molar-refractivity contribution in [1.82, 2.24) is 20.0 Å². The number of ether oxygens (including phenoxy) is 2. The summed E-state index contributed by atoms with van der Waals surface area (Å²) in [5.41, 5.74) is 1.86. The van der Waals surface area contributed by atoms with Gasteiger partial charge in [0, 0.05) is 49.4 Å². The molecule has 0 radical (unpaired) electrons. The molecule has 10 heteroatoms. The zero-order valence-electron chi connectivity index (χ0n) is 22.8. The number of anilines is 1. The average Bonchev–Trinajstić information content (AvgIpc) is 2.99. The first-order chi connectivity index (χ1) is 18.8. The summed E-state index contributed by atoms with van der Waals surface area (Å²) in [6, 6.07) is 14.6. The fraction of sp³-hybridized carbons (Fsp3) is 0.379. The molecule has 1 fully saturated rings. The Morgan fingerprint density at radius 1 is 0.974 bits per heavy atom. The summed E-state index contributed by atoms with van der Waals surface area (Å²) in [6.07, 6.45) is 0.699. The molecule has 2 amide bonds. The minimum absolute atomic E-state index is 0.0244. The van der Waals surface area contributed by atoms with Gasteiger partial charge >= 0.3 is 0 Å². The molecule has 0 spiro atoms. The van der Waals surface area contributed by atoms with Crippen LogP contribution >= 0.6 is 0 Å². The Bertz CT molecular complexity index is 1280. The van der Waals surface area contributed by atoms with E-state index in [4.69, 9.17) is 9.47 Å². The Hall–Kier alpha value is -4.21. The smallest absolute Gasteiger partial charge is 0.254 e. The molecule has 1 aliphatic rings. The minimum Gasteiger partial charge on any atom is -0.497 e. The zero-order chi connectivity index (χ0) is 27.9. The molecule has 9 nitrogen and oxygen atoms in total. The molecule has 1 atom stereocenters. The molecule has 1 aromatic heterocycles. The van der Waals surface area contributed by atoms with Gasteiger partial charge < -0.3 is 24.2 Å². The van der Waals surface area contributed by atoms with E-state index in [1.165, 1.54) is 24.3 Å². The number of carbonyl (C=O) groups is 2. The van der Waals surface area contributed by atoms with Crippen LogP contribution in [-0.4, -0.2) is 84.8 Å². The number of benzene rings is 2. The number of rotatable bonds is 9. The highest BCUT2D eigenvalue weighted by Gasteiger charge is 2.28. The molecule has 1 aliphatic heterocycles. The van der Waals surface area contributed by atoms with E-state index in [0.717, 1.165) is 11.4 Å². The van der Waals surface area contributed by atoms with E-state index in [9.17, 15) is 14.0 Å². The second kappa shape index (κ2) is 12.6. The molecular formula is C29H34FN5O4. The molecule has 3 aromatic rings. The Morgan fingerprint density at radius 2 is 1.69 bits per heavy atom. The quantitative estimate of drug-likeness (QED) is 0.411. The topological polar surface area (TPSA) is 88.1 Å². The number of carbonyl (C=O) groups excluding carboxylic acids is 2. The summed E-state index contributed by atoms with van der Waals surface area (Å²) in [7, 11) is 3.20. The monoisotopic (exact) mass is 535 g/mol. The lowest BCUT2D eigenvalue weighted by Crippen LogP contribution is -2.53. The second-order valence-corrected chi connectivity index (χ2v) is 9.41. The zero-order valence-corrected chi connectivity index (χ0v) is 22.8. The van der Waals surface area contributed by atoms with Gasteiger partial charge in [-0.1, -0.05) is 6.92 Å². The lowest BCUT2D eigenvalue weighted by Gasteiger charge is -2.37. The molecule has 0 saturated carbocycles. The minimum atomic E-state index is -0.407. The molecule has 0 bridgehead atoms. The average molecular weight is 536 g/mol. The van der Waals surface area contributed by atoms with Crippen molar-refractivity contribution < 1.29 is 23.5 Å². The first kappa shape index (κ1) is 27.8. The van der Waals surface area contributed by atoms with Gasteiger partial charge in [-0.15, -0.1) is 10.2 Å². The second-order valence-electron chi connectivity index (χ2n) is 9.41. The molecule has 1 saturated heterocycles. The van der Waals surface area contributed by atoms with Gasteiger partial charge in [-0.3, -0.25) is 9.59 Å². The van der Waals surface area contributed by atoms with E-state index in [1.54, 1.807) is 30.1 Å². The Balaban J connectivity index is 1.37. The number of piperazine rings is 1. The largest absolute Gasteiger partial charge is 0.497 e. The lowest BCUT2D eigenvalue weighted by molar-refractivity contribution is -0.132. The molecule has 2 aromatic carbocycles. The number of halogens is 1. The van der Waals surface area contributed by atoms with Crippen LogP contribution in [0.25, 0.3) is 11.3 Å². The molecule has 2 heterocycles. The van der Waals surface area contributed by atoms with Crippen LogP contribution in [0.3, 0.4) is 0 Å². The Labute approximate surface area is 228 Å². The van der Waals surface area contributed by atoms with Crippen LogP contribution in [0.2, 0.25) is 0 Å². The maximum atomic E-state index is 13.3. The van der Waals surface area contributed by atoms with Crippen LogP contribution in [0.5, 0.6) is 11.5 Å². The first-order valence-corrected chi connectivity index (χ1v) is 13.0. The molecule has 206 valence electrons. The first-order valence-electron chi connectivity index (χ1n) is 13.0. The van der Waals surface area contributed by atoms with E-state index >= 15 is 0 Å². The predicted molar refractivity (Wildman–Crippen MR) is 147 cm³/mol. The van der Waals surface area contributed by atoms with Crippen molar-refractivity contribution in [1.29, 1.82) is 0 Å². The third kappa shape index (κ3) is 6.45. The van der Waals surface area contributed by atoms with E-state index in [-0.39, 0.29) is 24.4 Å².